The summed E-state index contributed by atoms with van der Waals surface area (Å²) in [6.07, 6.45) is 0. The SMILES string of the molecule is Cc1ccc(-c2nn(Cc3ccccc3Cl)c(=O)c3nc(C)sc23)c(C)c1. The third-order valence-corrected chi connectivity index (χ3v) is 5.87. The average molecular weight is 396 g/mol. The lowest BCUT2D eigenvalue weighted by atomic mass is 10.0. The lowest BCUT2D eigenvalue weighted by molar-refractivity contribution is 0.650. The minimum atomic E-state index is -0.192. The van der Waals surface area contributed by atoms with Gasteiger partial charge in [0.25, 0.3) is 5.56 Å². The molecular formula is C21H18ClN3OS. The van der Waals surface area contributed by atoms with Crippen molar-refractivity contribution in [2.24, 2.45) is 0 Å². The van der Waals surface area contributed by atoms with Crippen molar-refractivity contribution >= 4 is 33.2 Å². The summed E-state index contributed by atoms with van der Waals surface area (Å²) >= 11 is 7.80. The Balaban J connectivity index is 1.97. The quantitative estimate of drug-likeness (QED) is 0.482. The van der Waals surface area contributed by atoms with Crippen molar-refractivity contribution < 1.29 is 0 Å². The van der Waals surface area contributed by atoms with Crippen LogP contribution in [0.4, 0.5) is 0 Å². The van der Waals surface area contributed by atoms with Gasteiger partial charge in [-0.25, -0.2) is 9.67 Å². The van der Waals surface area contributed by atoms with Crippen molar-refractivity contribution in [3.05, 3.63) is 79.5 Å². The van der Waals surface area contributed by atoms with Crippen molar-refractivity contribution in [1.82, 2.24) is 14.8 Å². The van der Waals surface area contributed by atoms with Gasteiger partial charge in [-0.1, -0.05) is 53.6 Å². The second kappa shape index (κ2) is 6.91. The minimum absolute atomic E-state index is 0.192. The van der Waals surface area contributed by atoms with Crippen molar-refractivity contribution in [1.29, 1.82) is 0 Å². The highest BCUT2D eigenvalue weighted by molar-refractivity contribution is 7.19. The van der Waals surface area contributed by atoms with Crippen LogP contribution in [-0.4, -0.2) is 14.8 Å². The number of benzene rings is 2. The number of aryl methyl sites for hydroxylation is 3. The van der Waals surface area contributed by atoms with E-state index in [-0.39, 0.29) is 5.56 Å². The van der Waals surface area contributed by atoms with Crippen LogP contribution in [0.2, 0.25) is 5.02 Å². The first kappa shape index (κ1) is 17.9. The minimum Gasteiger partial charge on any atom is -0.265 e. The highest BCUT2D eigenvalue weighted by Crippen LogP contribution is 2.32. The van der Waals surface area contributed by atoms with Gasteiger partial charge in [-0.2, -0.15) is 5.10 Å². The first-order chi connectivity index (χ1) is 12.9. The Hall–Kier alpha value is -2.50. The maximum atomic E-state index is 13.0. The normalized spacial score (nSPS) is 11.3. The summed E-state index contributed by atoms with van der Waals surface area (Å²) in [4.78, 5) is 17.5. The summed E-state index contributed by atoms with van der Waals surface area (Å²) < 4.78 is 2.30. The van der Waals surface area contributed by atoms with Crippen LogP contribution >= 0.6 is 22.9 Å². The number of fused-ring (bicyclic) bond motifs is 1. The Morgan fingerprint density at radius 1 is 1.11 bits per heavy atom. The fraction of sp³-hybridized carbons (Fsp3) is 0.190. The van der Waals surface area contributed by atoms with Crippen LogP contribution in [0.15, 0.2) is 47.3 Å². The molecule has 2 aromatic heterocycles. The molecule has 0 radical (unpaired) electrons. The van der Waals surface area contributed by atoms with Gasteiger partial charge in [0.2, 0.25) is 0 Å². The predicted molar refractivity (Wildman–Crippen MR) is 112 cm³/mol. The van der Waals surface area contributed by atoms with Crippen LogP contribution in [0.1, 0.15) is 21.7 Å². The largest absolute Gasteiger partial charge is 0.294 e. The number of halogens is 1. The van der Waals surface area contributed by atoms with Crippen LogP contribution in [0.3, 0.4) is 0 Å². The van der Waals surface area contributed by atoms with Gasteiger partial charge in [0.05, 0.1) is 16.3 Å². The standard InChI is InChI=1S/C21H18ClN3OS/c1-12-8-9-16(13(2)10-12)18-20-19(23-14(3)27-20)21(26)25(24-18)11-15-6-4-5-7-17(15)22/h4-10H,11H2,1-3H3. The lowest BCUT2D eigenvalue weighted by Gasteiger charge is -2.11. The van der Waals surface area contributed by atoms with Crippen molar-refractivity contribution in [2.75, 3.05) is 0 Å². The van der Waals surface area contributed by atoms with E-state index in [1.807, 2.05) is 31.2 Å². The van der Waals surface area contributed by atoms with E-state index in [0.29, 0.717) is 17.1 Å². The predicted octanol–water partition coefficient (Wildman–Crippen LogP) is 5.15. The van der Waals surface area contributed by atoms with E-state index in [9.17, 15) is 4.79 Å². The second-order valence-corrected chi connectivity index (χ2v) is 8.24. The van der Waals surface area contributed by atoms with Gasteiger partial charge < -0.3 is 0 Å². The summed E-state index contributed by atoms with van der Waals surface area (Å²) in [5, 5.41) is 6.20. The number of aromatic nitrogens is 3. The molecule has 2 aromatic carbocycles. The number of rotatable bonds is 3. The summed E-state index contributed by atoms with van der Waals surface area (Å²) in [6, 6.07) is 13.8. The summed E-state index contributed by atoms with van der Waals surface area (Å²) in [7, 11) is 0. The molecule has 0 N–H and O–H groups in total. The summed E-state index contributed by atoms with van der Waals surface area (Å²) in [6.45, 7) is 6.35. The Labute approximate surface area is 166 Å². The fourth-order valence-electron chi connectivity index (χ4n) is 3.22. The van der Waals surface area contributed by atoms with Gasteiger partial charge in [-0.15, -0.1) is 11.3 Å². The molecular weight excluding hydrogens is 378 g/mol. The smallest absolute Gasteiger partial charge is 0.265 e. The number of thiazole rings is 1. The molecule has 0 saturated heterocycles. The molecule has 136 valence electrons. The molecule has 2 heterocycles. The average Bonchev–Trinajstić information content (AvgIpc) is 3.02. The molecule has 0 atom stereocenters. The zero-order valence-electron chi connectivity index (χ0n) is 15.3. The van der Waals surface area contributed by atoms with E-state index in [2.05, 4.69) is 37.0 Å². The summed E-state index contributed by atoms with van der Waals surface area (Å²) in [5.41, 5.74) is 5.25. The zero-order chi connectivity index (χ0) is 19.1. The van der Waals surface area contributed by atoms with Crippen molar-refractivity contribution in [3.8, 4) is 11.3 Å². The van der Waals surface area contributed by atoms with Crippen LogP contribution in [0.5, 0.6) is 0 Å². The van der Waals surface area contributed by atoms with E-state index in [1.54, 1.807) is 0 Å². The molecule has 0 aliphatic carbocycles. The van der Waals surface area contributed by atoms with Crippen molar-refractivity contribution in [3.63, 3.8) is 0 Å². The van der Waals surface area contributed by atoms with Crippen LogP contribution in [0, 0.1) is 20.8 Å². The molecule has 0 spiro atoms. The lowest BCUT2D eigenvalue weighted by Crippen LogP contribution is -2.24. The Morgan fingerprint density at radius 3 is 2.63 bits per heavy atom. The number of hydrogen-bond acceptors (Lipinski definition) is 4. The molecule has 6 heteroatoms. The van der Waals surface area contributed by atoms with Gasteiger partial charge in [0, 0.05) is 10.6 Å². The van der Waals surface area contributed by atoms with E-state index in [4.69, 9.17) is 16.7 Å². The molecule has 0 bridgehead atoms. The maximum absolute atomic E-state index is 13.0. The van der Waals surface area contributed by atoms with Crippen LogP contribution in [0.25, 0.3) is 21.5 Å². The maximum Gasteiger partial charge on any atom is 0.294 e. The van der Waals surface area contributed by atoms with Crippen LogP contribution < -0.4 is 5.56 Å². The molecule has 0 aliphatic rings. The first-order valence-electron chi connectivity index (χ1n) is 8.63. The third-order valence-electron chi connectivity index (χ3n) is 4.52. The molecule has 4 aromatic rings. The third kappa shape index (κ3) is 3.29. The zero-order valence-corrected chi connectivity index (χ0v) is 16.9. The molecule has 0 amide bonds. The van der Waals surface area contributed by atoms with Gasteiger partial charge in [0.15, 0.2) is 5.52 Å². The topological polar surface area (TPSA) is 47.8 Å². The van der Waals surface area contributed by atoms with E-state index >= 15 is 0 Å². The molecule has 0 unspecified atom stereocenters. The van der Waals surface area contributed by atoms with Gasteiger partial charge in [-0.3, -0.25) is 4.79 Å². The highest BCUT2D eigenvalue weighted by Gasteiger charge is 2.18. The van der Waals surface area contributed by atoms with E-state index in [0.717, 1.165) is 32.1 Å². The second-order valence-electron chi connectivity index (χ2n) is 6.63. The molecule has 4 rings (SSSR count). The highest BCUT2D eigenvalue weighted by atomic mass is 35.5. The molecule has 0 aliphatic heterocycles. The Morgan fingerprint density at radius 2 is 1.89 bits per heavy atom. The van der Waals surface area contributed by atoms with E-state index < -0.39 is 0 Å². The van der Waals surface area contributed by atoms with Gasteiger partial charge in [0.1, 0.15) is 5.69 Å². The van der Waals surface area contributed by atoms with Crippen LogP contribution in [-0.2, 0) is 6.54 Å². The fourth-order valence-corrected chi connectivity index (χ4v) is 4.32. The van der Waals surface area contributed by atoms with Gasteiger partial charge >= 0.3 is 0 Å². The Kier molecular flexibility index (Phi) is 4.58. The molecule has 27 heavy (non-hydrogen) atoms. The molecule has 0 saturated carbocycles. The van der Waals surface area contributed by atoms with E-state index in [1.165, 1.54) is 21.6 Å². The van der Waals surface area contributed by atoms with Gasteiger partial charge in [-0.05, 0) is 38.0 Å². The summed E-state index contributed by atoms with van der Waals surface area (Å²) in [5.74, 6) is 0. The van der Waals surface area contributed by atoms with Crippen molar-refractivity contribution in [2.45, 2.75) is 27.3 Å². The molecule has 0 fully saturated rings. The number of nitrogens with zero attached hydrogens (tertiary/aromatic N) is 3. The molecule has 4 nitrogen and oxygen atoms in total. The Bertz CT molecular complexity index is 1230. The first-order valence-corrected chi connectivity index (χ1v) is 9.83. The number of hydrogen-bond donors (Lipinski definition) is 0. The monoisotopic (exact) mass is 395 g/mol.